The molecule has 1 aliphatic rings. The Balaban J connectivity index is 2.08. The highest BCUT2D eigenvalue weighted by Gasteiger charge is 2.23. The Labute approximate surface area is 123 Å². The highest BCUT2D eigenvalue weighted by atomic mass is 14.3. The summed E-state index contributed by atoms with van der Waals surface area (Å²) in [5, 5.41) is 5.53. The van der Waals surface area contributed by atoms with Crippen molar-refractivity contribution in [1.82, 2.24) is 0 Å². The first-order chi connectivity index (χ1) is 10.4. The predicted molar refractivity (Wildman–Crippen MR) is 89.7 cm³/mol. The molecule has 0 bridgehead atoms. The van der Waals surface area contributed by atoms with Crippen LogP contribution in [0.1, 0.15) is 11.1 Å². The van der Waals surface area contributed by atoms with E-state index in [4.69, 9.17) is 0 Å². The minimum Gasteiger partial charge on any atom is -0.0619 e. The molecule has 21 heavy (non-hydrogen) atoms. The molecule has 0 spiro atoms. The molecule has 0 aromatic heterocycles. The SMILES string of the molecule is c1ccc2c(c1)Cc1c-2c2ccccc2c2ccccc12. The van der Waals surface area contributed by atoms with Crippen LogP contribution in [0, 0.1) is 0 Å². The summed E-state index contributed by atoms with van der Waals surface area (Å²) in [4.78, 5) is 0. The maximum Gasteiger partial charge on any atom is -0.000705 e. The average Bonchev–Trinajstić information content (AvgIpc) is 2.95. The van der Waals surface area contributed by atoms with Gasteiger partial charge in [-0.15, -0.1) is 0 Å². The van der Waals surface area contributed by atoms with Crippen molar-refractivity contribution in [3.63, 3.8) is 0 Å². The van der Waals surface area contributed by atoms with Gasteiger partial charge in [-0.2, -0.15) is 0 Å². The largest absolute Gasteiger partial charge is 0.0619 e. The summed E-state index contributed by atoms with van der Waals surface area (Å²) >= 11 is 0. The number of hydrogen-bond acceptors (Lipinski definition) is 0. The van der Waals surface area contributed by atoms with Crippen LogP contribution in [-0.2, 0) is 6.42 Å². The molecule has 0 unspecified atom stereocenters. The van der Waals surface area contributed by atoms with Crippen LogP contribution in [-0.4, -0.2) is 0 Å². The smallest absolute Gasteiger partial charge is 0.000705 e. The van der Waals surface area contributed by atoms with Crippen molar-refractivity contribution in [3.8, 4) is 11.1 Å². The Morgan fingerprint density at radius 2 is 1.10 bits per heavy atom. The van der Waals surface area contributed by atoms with Gasteiger partial charge in [0, 0.05) is 0 Å². The van der Waals surface area contributed by atoms with Crippen LogP contribution in [0.2, 0.25) is 0 Å². The normalized spacial score (nSPS) is 12.6. The van der Waals surface area contributed by atoms with Gasteiger partial charge in [0.1, 0.15) is 0 Å². The van der Waals surface area contributed by atoms with E-state index >= 15 is 0 Å². The summed E-state index contributed by atoms with van der Waals surface area (Å²) in [7, 11) is 0. The summed E-state index contributed by atoms with van der Waals surface area (Å²) in [6, 6.07) is 26.5. The molecule has 0 radical (unpaired) electrons. The fourth-order valence-electron chi connectivity index (χ4n) is 3.81. The predicted octanol–water partition coefficient (Wildman–Crippen LogP) is 5.56. The summed E-state index contributed by atoms with van der Waals surface area (Å²) < 4.78 is 0. The second-order valence-electron chi connectivity index (χ2n) is 5.78. The third kappa shape index (κ3) is 1.39. The molecule has 0 atom stereocenters. The first-order valence-corrected chi connectivity index (χ1v) is 7.44. The highest BCUT2D eigenvalue weighted by Crippen LogP contribution is 2.45. The third-order valence-electron chi connectivity index (χ3n) is 4.69. The van der Waals surface area contributed by atoms with E-state index in [0.717, 1.165) is 6.42 Å². The molecule has 4 aromatic rings. The number of benzene rings is 4. The summed E-state index contributed by atoms with van der Waals surface area (Å²) in [6.07, 6.45) is 1.05. The van der Waals surface area contributed by atoms with E-state index in [0.29, 0.717) is 0 Å². The standard InChI is InChI=1S/C21H14/c1-2-8-15-14(7-1)13-20-18-11-4-3-9-16(18)17-10-5-6-12-19(17)21(15)20/h1-12H,13H2. The van der Waals surface area contributed by atoms with Crippen LogP contribution < -0.4 is 0 Å². The quantitative estimate of drug-likeness (QED) is 0.322. The molecule has 98 valence electrons. The molecule has 0 nitrogen and oxygen atoms in total. The topological polar surface area (TPSA) is 0 Å². The van der Waals surface area contributed by atoms with E-state index < -0.39 is 0 Å². The zero-order valence-corrected chi connectivity index (χ0v) is 11.6. The third-order valence-corrected chi connectivity index (χ3v) is 4.69. The molecule has 4 aromatic carbocycles. The molecule has 0 amide bonds. The van der Waals surface area contributed by atoms with Gasteiger partial charge in [0.05, 0.1) is 0 Å². The molecule has 0 aliphatic heterocycles. The van der Waals surface area contributed by atoms with Crippen LogP contribution in [0.25, 0.3) is 32.7 Å². The number of rotatable bonds is 0. The highest BCUT2D eigenvalue weighted by molar-refractivity contribution is 6.17. The van der Waals surface area contributed by atoms with Crippen molar-refractivity contribution in [2.24, 2.45) is 0 Å². The minimum atomic E-state index is 1.05. The second kappa shape index (κ2) is 3.95. The van der Waals surface area contributed by atoms with Gasteiger partial charge in [-0.05, 0) is 50.2 Å². The lowest BCUT2D eigenvalue weighted by Gasteiger charge is -2.12. The number of hydrogen-bond donors (Lipinski definition) is 0. The molecule has 0 saturated heterocycles. The fraction of sp³-hybridized carbons (Fsp3) is 0.0476. The minimum absolute atomic E-state index is 1.05. The summed E-state index contributed by atoms with van der Waals surface area (Å²) in [5.74, 6) is 0. The Morgan fingerprint density at radius 3 is 1.90 bits per heavy atom. The van der Waals surface area contributed by atoms with Gasteiger partial charge in [0.2, 0.25) is 0 Å². The molecule has 0 saturated carbocycles. The van der Waals surface area contributed by atoms with Gasteiger partial charge in [-0.3, -0.25) is 0 Å². The molecule has 1 aliphatic carbocycles. The van der Waals surface area contributed by atoms with E-state index in [-0.39, 0.29) is 0 Å². The zero-order valence-electron chi connectivity index (χ0n) is 11.6. The molecular weight excluding hydrogens is 252 g/mol. The van der Waals surface area contributed by atoms with Gasteiger partial charge < -0.3 is 0 Å². The van der Waals surface area contributed by atoms with Crippen molar-refractivity contribution in [3.05, 3.63) is 83.9 Å². The van der Waals surface area contributed by atoms with Crippen molar-refractivity contribution < 1.29 is 0 Å². The molecular formula is C21H14. The van der Waals surface area contributed by atoms with E-state index in [9.17, 15) is 0 Å². The zero-order chi connectivity index (χ0) is 13.8. The summed E-state index contributed by atoms with van der Waals surface area (Å²) in [6.45, 7) is 0. The van der Waals surface area contributed by atoms with Gasteiger partial charge in [-0.25, -0.2) is 0 Å². The fourth-order valence-corrected chi connectivity index (χ4v) is 3.81. The molecule has 0 N–H and O–H groups in total. The molecule has 0 heteroatoms. The van der Waals surface area contributed by atoms with Crippen LogP contribution in [0.5, 0.6) is 0 Å². The van der Waals surface area contributed by atoms with Crippen molar-refractivity contribution in [2.75, 3.05) is 0 Å². The Bertz CT molecular complexity index is 1010. The molecule has 0 heterocycles. The van der Waals surface area contributed by atoms with E-state index in [2.05, 4.69) is 72.8 Å². The average molecular weight is 266 g/mol. The van der Waals surface area contributed by atoms with Gasteiger partial charge in [-0.1, -0.05) is 72.8 Å². The first kappa shape index (κ1) is 11.1. The van der Waals surface area contributed by atoms with Gasteiger partial charge in [0.15, 0.2) is 0 Å². The van der Waals surface area contributed by atoms with E-state index in [1.807, 2.05) is 0 Å². The lowest BCUT2D eigenvalue weighted by atomic mass is 9.92. The second-order valence-corrected chi connectivity index (χ2v) is 5.78. The molecule has 5 rings (SSSR count). The van der Waals surface area contributed by atoms with Crippen molar-refractivity contribution >= 4 is 21.5 Å². The van der Waals surface area contributed by atoms with Crippen molar-refractivity contribution in [1.29, 1.82) is 0 Å². The van der Waals surface area contributed by atoms with Crippen LogP contribution >= 0.6 is 0 Å². The van der Waals surface area contributed by atoms with Gasteiger partial charge in [0.25, 0.3) is 0 Å². The number of fused-ring (bicyclic) bond motifs is 8. The van der Waals surface area contributed by atoms with Crippen molar-refractivity contribution in [2.45, 2.75) is 6.42 Å². The summed E-state index contributed by atoms with van der Waals surface area (Å²) in [5.41, 5.74) is 5.80. The molecule has 0 fully saturated rings. The van der Waals surface area contributed by atoms with E-state index in [1.54, 1.807) is 0 Å². The maximum atomic E-state index is 2.27. The first-order valence-electron chi connectivity index (χ1n) is 7.44. The van der Waals surface area contributed by atoms with E-state index in [1.165, 1.54) is 43.8 Å². The lowest BCUT2D eigenvalue weighted by Crippen LogP contribution is -1.87. The Kier molecular flexibility index (Phi) is 2.09. The van der Waals surface area contributed by atoms with Crippen LogP contribution in [0.4, 0.5) is 0 Å². The Hall–Kier alpha value is -2.60. The monoisotopic (exact) mass is 266 g/mol. The maximum absolute atomic E-state index is 2.27. The van der Waals surface area contributed by atoms with Gasteiger partial charge >= 0.3 is 0 Å². The Morgan fingerprint density at radius 1 is 0.524 bits per heavy atom. The van der Waals surface area contributed by atoms with Crippen LogP contribution in [0.3, 0.4) is 0 Å². The van der Waals surface area contributed by atoms with Crippen LogP contribution in [0.15, 0.2) is 72.8 Å². The lowest BCUT2D eigenvalue weighted by molar-refractivity contribution is 1.29.